The van der Waals surface area contributed by atoms with Crippen molar-refractivity contribution in [1.29, 1.82) is 0 Å². The van der Waals surface area contributed by atoms with Crippen molar-refractivity contribution >= 4 is 5.91 Å². The maximum Gasteiger partial charge on any atom is 0.220 e. The summed E-state index contributed by atoms with van der Waals surface area (Å²) in [4.78, 5) is 10.4. The molecule has 3 heteroatoms. The molecule has 9 heavy (non-hydrogen) atoms. The molecule has 3 nitrogen and oxygen atoms in total. The molecule has 1 heterocycles. The van der Waals surface area contributed by atoms with Crippen LogP contribution in [0.15, 0.2) is 0 Å². The number of amides is 1. The molecule has 1 aliphatic heterocycles. The van der Waals surface area contributed by atoms with E-state index in [-0.39, 0.29) is 11.8 Å². The molecule has 0 aromatic carbocycles. The topological polar surface area (TPSA) is 55.6 Å². The number of carbonyl (C=O) groups is 1. The monoisotopic (exact) mass is 129 g/mol. The van der Waals surface area contributed by atoms with Crippen molar-refractivity contribution in [2.24, 2.45) is 11.7 Å². The first kappa shape index (κ1) is 6.55. The highest BCUT2D eigenvalue weighted by Crippen LogP contribution is 2.18. The van der Waals surface area contributed by atoms with E-state index in [0.717, 1.165) is 13.0 Å². The van der Waals surface area contributed by atoms with Gasteiger partial charge in [0.05, 0.1) is 12.7 Å². The number of epoxide rings is 1. The average Bonchev–Trinajstić information content (AvgIpc) is 2.50. The molecule has 0 aliphatic carbocycles. The average molecular weight is 129 g/mol. The van der Waals surface area contributed by atoms with Crippen LogP contribution in [0.25, 0.3) is 0 Å². The van der Waals surface area contributed by atoms with Gasteiger partial charge in [0.25, 0.3) is 0 Å². The Balaban J connectivity index is 2.16. The first-order chi connectivity index (χ1) is 4.20. The van der Waals surface area contributed by atoms with Crippen LogP contribution in [0.5, 0.6) is 0 Å². The largest absolute Gasteiger partial charge is 0.373 e. The van der Waals surface area contributed by atoms with Gasteiger partial charge in [-0.05, 0) is 6.42 Å². The van der Waals surface area contributed by atoms with Crippen LogP contribution in [0, 0.1) is 5.92 Å². The first-order valence-corrected chi connectivity index (χ1v) is 3.11. The van der Waals surface area contributed by atoms with Gasteiger partial charge in [0.2, 0.25) is 5.91 Å². The van der Waals surface area contributed by atoms with Gasteiger partial charge in [-0.3, -0.25) is 4.79 Å². The number of primary amides is 1. The number of hydrogen-bond acceptors (Lipinski definition) is 2. The van der Waals surface area contributed by atoms with Gasteiger partial charge < -0.3 is 10.5 Å². The molecule has 0 aromatic rings. The molecule has 1 fully saturated rings. The van der Waals surface area contributed by atoms with Gasteiger partial charge in [-0.25, -0.2) is 0 Å². The van der Waals surface area contributed by atoms with Crippen molar-refractivity contribution in [3.8, 4) is 0 Å². The van der Waals surface area contributed by atoms with Crippen molar-refractivity contribution in [2.45, 2.75) is 19.4 Å². The van der Waals surface area contributed by atoms with E-state index in [1.165, 1.54) is 0 Å². The summed E-state index contributed by atoms with van der Waals surface area (Å²) in [5.41, 5.74) is 5.02. The fourth-order valence-corrected chi connectivity index (χ4v) is 0.715. The summed E-state index contributed by atoms with van der Waals surface area (Å²) in [6, 6.07) is 0. The standard InChI is InChI=1S/C6H11NO2/c1-4(6(7)8)2-5-3-9-5/h4-5H,2-3H2,1H3,(H2,7,8)/t4-,5?/m0/s1. The third-order valence-corrected chi connectivity index (χ3v) is 1.50. The van der Waals surface area contributed by atoms with Crippen molar-refractivity contribution in [2.75, 3.05) is 6.61 Å². The van der Waals surface area contributed by atoms with Gasteiger partial charge in [-0.2, -0.15) is 0 Å². The third kappa shape index (κ3) is 2.01. The summed E-state index contributed by atoms with van der Waals surface area (Å²) in [6.07, 6.45) is 1.10. The van der Waals surface area contributed by atoms with E-state index in [2.05, 4.69) is 0 Å². The van der Waals surface area contributed by atoms with Crippen LogP contribution in [0.3, 0.4) is 0 Å². The van der Waals surface area contributed by atoms with Gasteiger partial charge in [0.1, 0.15) is 0 Å². The summed E-state index contributed by atoms with van der Waals surface area (Å²) in [5, 5.41) is 0. The maximum absolute atomic E-state index is 10.4. The van der Waals surface area contributed by atoms with E-state index in [9.17, 15) is 4.79 Å². The SMILES string of the molecule is C[C@@H](CC1CO1)C(N)=O. The van der Waals surface area contributed by atoms with Crippen molar-refractivity contribution < 1.29 is 9.53 Å². The summed E-state index contributed by atoms with van der Waals surface area (Å²) in [7, 11) is 0. The molecule has 1 unspecified atom stereocenters. The fraction of sp³-hybridized carbons (Fsp3) is 0.833. The number of hydrogen-bond donors (Lipinski definition) is 1. The van der Waals surface area contributed by atoms with Crippen LogP contribution in [-0.2, 0) is 9.53 Å². The van der Waals surface area contributed by atoms with Crippen LogP contribution >= 0.6 is 0 Å². The van der Waals surface area contributed by atoms with Gasteiger partial charge in [-0.15, -0.1) is 0 Å². The lowest BCUT2D eigenvalue weighted by atomic mass is 10.1. The van der Waals surface area contributed by atoms with E-state index in [0.29, 0.717) is 6.10 Å². The zero-order valence-corrected chi connectivity index (χ0v) is 5.46. The summed E-state index contributed by atoms with van der Waals surface area (Å²) in [5.74, 6) is -0.261. The van der Waals surface area contributed by atoms with Gasteiger partial charge in [-0.1, -0.05) is 6.92 Å². The second kappa shape index (κ2) is 2.35. The Bertz CT molecular complexity index is 120. The Kier molecular flexibility index (Phi) is 1.71. The highest BCUT2D eigenvalue weighted by molar-refractivity contribution is 5.76. The van der Waals surface area contributed by atoms with Crippen molar-refractivity contribution in [3.63, 3.8) is 0 Å². The quantitative estimate of drug-likeness (QED) is 0.541. The van der Waals surface area contributed by atoms with Crippen LogP contribution in [-0.4, -0.2) is 18.6 Å². The molecule has 2 N–H and O–H groups in total. The normalized spacial score (nSPS) is 27.4. The van der Waals surface area contributed by atoms with Gasteiger partial charge in [0, 0.05) is 5.92 Å². The highest BCUT2D eigenvalue weighted by Gasteiger charge is 2.26. The highest BCUT2D eigenvalue weighted by atomic mass is 16.6. The lowest BCUT2D eigenvalue weighted by molar-refractivity contribution is -0.121. The fourth-order valence-electron chi connectivity index (χ4n) is 0.715. The molecule has 52 valence electrons. The summed E-state index contributed by atoms with van der Waals surface area (Å²) >= 11 is 0. The van der Waals surface area contributed by atoms with Gasteiger partial charge in [0.15, 0.2) is 0 Å². The molecule has 2 atom stereocenters. The predicted octanol–water partition coefficient (Wildman–Crippen LogP) is -0.103. The molecule has 1 amide bonds. The maximum atomic E-state index is 10.4. The zero-order chi connectivity index (χ0) is 6.85. The molecule has 0 radical (unpaired) electrons. The van der Waals surface area contributed by atoms with Crippen molar-refractivity contribution in [1.82, 2.24) is 0 Å². The van der Waals surface area contributed by atoms with Gasteiger partial charge >= 0.3 is 0 Å². The lowest BCUT2D eigenvalue weighted by Crippen LogP contribution is -2.21. The minimum Gasteiger partial charge on any atom is -0.373 e. The molecule has 1 aliphatic rings. The zero-order valence-electron chi connectivity index (χ0n) is 5.46. The second-order valence-electron chi connectivity index (χ2n) is 2.49. The predicted molar refractivity (Wildman–Crippen MR) is 32.7 cm³/mol. The first-order valence-electron chi connectivity index (χ1n) is 3.11. The molecule has 1 saturated heterocycles. The summed E-state index contributed by atoms with van der Waals surface area (Å²) in [6.45, 7) is 2.63. The third-order valence-electron chi connectivity index (χ3n) is 1.50. The Hall–Kier alpha value is -0.570. The van der Waals surface area contributed by atoms with E-state index in [4.69, 9.17) is 10.5 Å². The lowest BCUT2D eigenvalue weighted by Gasteiger charge is -2.01. The number of nitrogens with two attached hydrogens (primary N) is 1. The smallest absolute Gasteiger partial charge is 0.220 e. The van der Waals surface area contributed by atoms with Crippen LogP contribution < -0.4 is 5.73 Å². The Morgan fingerprint density at radius 2 is 2.56 bits per heavy atom. The molecule has 0 aromatic heterocycles. The number of ether oxygens (including phenoxy) is 1. The van der Waals surface area contributed by atoms with Crippen LogP contribution in [0.4, 0.5) is 0 Å². The minimum atomic E-state index is -0.231. The number of carbonyl (C=O) groups excluding carboxylic acids is 1. The van der Waals surface area contributed by atoms with E-state index in [1.807, 2.05) is 6.92 Å². The van der Waals surface area contributed by atoms with Crippen molar-refractivity contribution in [3.05, 3.63) is 0 Å². The molecule has 1 rings (SSSR count). The van der Waals surface area contributed by atoms with Crippen LogP contribution in [0.1, 0.15) is 13.3 Å². The summed E-state index contributed by atoms with van der Waals surface area (Å²) < 4.78 is 4.92. The molecular weight excluding hydrogens is 118 g/mol. The molecular formula is C6H11NO2. The molecule has 0 saturated carbocycles. The Morgan fingerprint density at radius 1 is 2.00 bits per heavy atom. The molecule has 0 bridgehead atoms. The Morgan fingerprint density at radius 3 is 2.89 bits per heavy atom. The van der Waals surface area contributed by atoms with E-state index in [1.54, 1.807) is 0 Å². The van der Waals surface area contributed by atoms with E-state index < -0.39 is 0 Å². The molecule has 0 spiro atoms. The Labute approximate surface area is 54.2 Å². The van der Waals surface area contributed by atoms with E-state index >= 15 is 0 Å². The van der Waals surface area contributed by atoms with Crippen LogP contribution in [0.2, 0.25) is 0 Å². The number of rotatable bonds is 3. The minimum absolute atomic E-state index is 0.0301. The second-order valence-corrected chi connectivity index (χ2v) is 2.49.